The molecule has 6 nitrogen and oxygen atoms in total. The molecule has 6 heteroatoms. The van der Waals surface area contributed by atoms with Crippen LogP contribution in [0.4, 0.5) is 0 Å². The van der Waals surface area contributed by atoms with Crippen molar-refractivity contribution in [3.05, 3.63) is 18.0 Å². The first-order valence-electron chi connectivity index (χ1n) is 5.38. The molecule has 0 spiro atoms. The van der Waals surface area contributed by atoms with Gasteiger partial charge in [-0.3, -0.25) is 15.1 Å². The lowest BCUT2D eigenvalue weighted by molar-refractivity contribution is 0.618. The summed E-state index contributed by atoms with van der Waals surface area (Å²) in [5.41, 5.74) is 3.69. The highest BCUT2D eigenvalue weighted by molar-refractivity contribution is 5.79. The second-order valence-electron chi connectivity index (χ2n) is 3.95. The molecule has 90 valence electrons. The summed E-state index contributed by atoms with van der Waals surface area (Å²) < 4.78 is 1.86. The molecule has 0 aliphatic carbocycles. The van der Waals surface area contributed by atoms with Crippen molar-refractivity contribution in [2.45, 2.75) is 33.4 Å². The van der Waals surface area contributed by atoms with E-state index in [-0.39, 0.29) is 0 Å². The van der Waals surface area contributed by atoms with Crippen molar-refractivity contribution in [2.75, 3.05) is 6.54 Å². The standard InChI is InChI=1S/C10H20N6/c1-8(2)14-10(15-11)12-4-5-16-7-9(3)6-13-16/h6-8H,4-5,11H2,1-3H3,(H2,12,14,15). The fraction of sp³-hybridized carbons (Fsp3) is 0.600. The van der Waals surface area contributed by atoms with Gasteiger partial charge in [-0.15, -0.1) is 0 Å². The van der Waals surface area contributed by atoms with Gasteiger partial charge in [0, 0.05) is 12.2 Å². The first-order valence-corrected chi connectivity index (χ1v) is 5.38. The topological polar surface area (TPSA) is 80.3 Å². The highest BCUT2D eigenvalue weighted by Crippen LogP contribution is 1.93. The van der Waals surface area contributed by atoms with Gasteiger partial charge in [0.2, 0.25) is 5.96 Å². The van der Waals surface area contributed by atoms with Crippen LogP contribution in [-0.2, 0) is 6.54 Å². The van der Waals surface area contributed by atoms with E-state index in [1.165, 1.54) is 0 Å². The largest absolute Gasteiger partial charge is 0.353 e. The Morgan fingerprint density at radius 3 is 2.88 bits per heavy atom. The number of hydrazine groups is 1. The number of hydrogen-bond acceptors (Lipinski definition) is 3. The van der Waals surface area contributed by atoms with Gasteiger partial charge in [0.15, 0.2) is 0 Å². The van der Waals surface area contributed by atoms with Gasteiger partial charge in [0.05, 0.1) is 19.3 Å². The number of aryl methyl sites for hydroxylation is 1. The average Bonchev–Trinajstić information content (AvgIpc) is 2.62. The zero-order valence-corrected chi connectivity index (χ0v) is 10.1. The van der Waals surface area contributed by atoms with Gasteiger partial charge in [-0.1, -0.05) is 0 Å². The van der Waals surface area contributed by atoms with Crippen LogP contribution in [0.15, 0.2) is 17.4 Å². The van der Waals surface area contributed by atoms with Crippen molar-refractivity contribution in [2.24, 2.45) is 10.8 Å². The Hall–Kier alpha value is -1.56. The minimum absolute atomic E-state index is 0.307. The Balaban J connectivity index is 2.39. The van der Waals surface area contributed by atoms with E-state index < -0.39 is 0 Å². The number of rotatable bonds is 4. The molecule has 1 heterocycles. The highest BCUT2D eigenvalue weighted by atomic mass is 15.3. The summed E-state index contributed by atoms with van der Waals surface area (Å²) in [5.74, 6) is 5.95. The molecule has 0 unspecified atom stereocenters. The van der Waals surface area contributed by atoms with Crippen LogP contribution in [0.1, 0.15) is 19.4 Å². The fourth-order valence-electron chi connectivity index (χ4n) is 1.26. The maximum absolute atomic E-state index is 5.34. The molecule has 0 fully saturated rings. The van der Waals surface area contributed by atoms with Crippen molar-refractivity contribution in [1.29, 1.82) is 0 Å². The number of nitrogens with two attached hydrogens (primary N) is 1. The monoisotopic (exact) mass is 224 g/mol. The van der Waals surface area contributed by atoms with E-state index in [4.69, 9.17) is 5.84 Å². The molecule has 0 aliphatic heterocycles. The summed E-state index contributed by atoms with van der Waals surface area (Å²) in [4.78, 5) is 4.30. The van der Waals surface area contributed by atoms with Crippen LogP contribution in [0.2, 0.25) is 0 Å². The van der Waals surface area contributed by atoms with Crippen LogP contribution in [0.25, 0.3) is 0 Å². The van der Waals surface area contributed by atoms with E-state index in [1.807, 2.05) is 37.8 Å². The molecule has 0 saturated carbocycles. The minimum Gasteiger partial charge on any atom is -0.353 e. The Morgan fingerprint density at radius 2 is 2.38 bits per heavy atom. The molecule has 0 radical (unpaired) electrons. The molecule has 16 heavy (non-hydrogen) atoms. The predicted octanol–water partition coefficient (Wildman–Crippen LogP) is 0.00882. The van der Waals surface area contributed by atoms with E-state index in [0.29, 0.717) is 18.5 Å². The first kappa shape index (κ1) is 12.5. The minimum atomic E-state index is 0.307. The van der Waals surface area contributed by atoms with Crippen LogP contribution in [0.5, 0.6) is 0 Å². The lowest BCUT2D eigenvalue weighted by atomic mass is 10.4. The molecule has 4 N–H and O–H groups in total. The number of aliphatic imine (C=N–C) groups is 1. The normalized spacial score (nSPS) is 11.9. The molecule has 0 aliphatic rings. The highest BCUT2D eigenvalue weighted by Gasteiger charge is 1.98. The molecule has 1 rings (SSSR count). The molecular formula is C10H20N6. The second-order valence-corrected chi connectivity index (χ2v) is 3.95. The first-order chi connectivity index (χ1) is 7.61. The number of aromatic nitrogens is 2. The quantitative estimate of drug-likeness (QED) is 0.291. The summed E-state index contributed by atoms with van der Waals surface area (Å²) in [5, 5.41) is 7.28. The number of nitrogens with zero attached hydrogens (tertiary/aromatic N) is 3. The Labute approximate surface area is 95.9 Å². The van der Waals surface area contributed by atoms with Crippen LogP contribution >= 0.6 is 0 Å². The van der Waals surface area contributed by atoms with Gasteiger partial charge in [-0.2, -0.15) is 5.10 Å². The van der Waals surface area contributed by atoms with Gasteiger partial charge in [-0.05, 0) is 26.3 Å². The maximum atomic E-state index is 5.34. The van der Waals surface area contributed by atoms with E-state index in [2.05, 4.69) is 20.8 Å². The summed E-state index contributed by atoms with van der Waals surface area (Å²) in [6.07, 6.45) is 3.82. The predicted molar refractivity (Wildman–Crippen MR) is 64.9 cm³/mol. The molecule has 0 aromatic carbocycles. The maximum Gasteiger partial charge on any atom is 0.205 e. The van der Waals surface area contributed by atoms with E-state index >= 15 is 0 Å². The van der Waals surface area contributed by atoms with Gasteiger partial charge < -0.3 is 5.32 Å². The number of hydrogen-bond donors (Lipinski definition) is 3. The summed E-state index contributed by atoms with van der Waals surface area (Å²) in [6.45, 7) is 7.46. The molecular weight excluding hydrogens is 204 g/mol. The fourth-order valence-corrected chi connectivity index (χ4v) is 1.26. The zero-order chi connectivity index (χ0) is 12.0. The van der Waals surface area contributed by atoms with Crippen LogP contribution < -0.4 is 16.6 Å². The molecule has 0 saturated heterocycles. The Morgan fingerprint density at radius 1 is 1.62 bits per heavy atom. The number of nitrogens with one attached hydrogen (secondary N) is 2. The Kier molecular flexibility index (Phi) is 4.78. The third-order valence-electron chi connectivity index (χ3n) is 1.92. The van der Waals surface area contributed by atoms with E-state index in [1.54, 1.807) is 0 Å². The van der Waals surface area contributed by atoms with E-state index in [0.717, 1.165) is 12.1 Å². The van der Waals surface area contributed by atoms with Gasteiger partial charge in [-0.25, -0.2) is 5.84 Å². The SMILES string of the molecule is Cc1cnn(CCN=C(NN)NC(C)C)c1. The van der Waals surface area contributed by atoms with Crippen molar-refractivity contribution in [3.8, 4) is 0 Å². The van der Waals surface area contributed by atoms with E-state index in [9.17, 15) is 0 Å². The van der Waals surface area contributed by atoms with Gasteiger partial charge in [0.25, 0.3) is 0 Å². The lowest BCUT2D eigenvalue weighted by Gasteiger charge is -2.11. The molecule has 1 aromatic rings. The van der Waals surface area contributed by atoms with Crippen molar-refractivity contribution < 1.29 is 0 Å². The second kappa shape index (κ2) is 6.12. The van der Waals surface area contributed by atoms with Crippen LogP contribution in [-0.4, -0.2) is 28.3 Å². The van der Waals surface area contributed by atoms with Crippen molar-refractivity contribution in [1.82, 2.24) is 20.5 Å². The summed E-state index contributed by atoms with van der Waals surface area (Å²) >= 11 is 0. The molecule has 0 atom stereocenters. The molecule has 0 amide bonds. The third kappa shape index (κ3) is 4.31. The lowest BCUT2D eigenvalue weighted by Crippen LogP contribution is -2.44. The van der Waals surface area contributed by atoms with Crippen LogP contribution in [0, 0.1) is 6.92 Å². The van der Waals surface area contributed by atoms with Crippen molar-refractivity contribution in [3.63, 3.8) is 0 Å². The smallest absolute Gasteiger partial charge is 0.205 e. The number of guanidine groups is 1. The molecule has 0 bridgehead atoms. The molecule has 1 aromatic heterocycles. The average molecular weight is 224 g/mol. The Bertz CT molecular complexity index is 341. The van der Waals surface area contributed by atoms with Gasteiger partial charge in [0.1, 0.15) is 0 Å². The summed E-state index contributed by atoms with van der Waals surface area (Å²) in [7, 11) is 0. The third-order valence-corrected chi connectivity index (χ3v) is 1.92. The zero-order valence-electron chi connectivity index (χ0n) is 10.1. The summed E-state index contributed by atoms with van der Waals surface area (Å²) in [6, 6.07) is 0.307. The van der Waals surface area contributed by atoms with Crippen LogP contribution in [0.3, 0.4) is 0 Å². The van der Waals surface area contributed by atoms with Crippen molar-refractivity contribution >= 4 is 5.96 Å². The van der Waals surface area contributed by atoms with Gasteiger partial charge >= 0.3 is 0 Å².